The predicted octanol–water partition coefficient (Wildman–Crippen LogP) is 13.2. The number of ketones is 4. The minimum Gasteiger partial charge on any atom is -0.481 e. The van der Waals surface area contributed by atoms with Gasteiger partial charge in [-0.05, 0) is 21.7 Å². The van der Waals surface area contributed by atoms with Crippen molar-refractivity contribution in [2.24, 2.45) is 33.5 Å². The molecule has 4 atom stereocenters. The molecular weight excluding hydrogens is 945 g/mol. The van der Waals surface area contributed by atoms with Crippen LogP contribution in [0.3, 0.4) is 0 Å². The molecule has 0 amide bonds. The number of carboxylic acid groups (broad SMARTS) is 4. The van der Waals surface area contributed by atoms with Crippen molar-refractivity contribution in [2.45, 2.75) is 234 Å². The number of carboxylic acids is 4. The molecule has 0 aromatic rings. The van der Waals surface area contributed by atoms with Gasteiger partial charge < -0.3 is 20.4 Å². The fourth-order valence-corrected chi connectivity index (χ4v) is 9.95. The maximum absolute atomic E-state index is 11.9. The summed E-state index contributed by atoms with van der Waals surface area (Å²) < 4.78 is -0.332. The highest BCUT2D eigenvalue weighted by Crippen LogP contribution is 2.34. The molecule has 0 saturated heterocycles. The monoisotopic (exact) mass is 1040 g/mol. The first-order valence-electron chi connectivity index (χ1n) is 23.3. The summed E-state index contributed by atoms with van der Waals surface area (Å²) >= 11 is 5.73. The Morgan fingerprint density at radius 1 is 0.338 bits per heavy atom. The van der Waals surface area contributed by atoms with E-state index in [1.54, 1.807) is 0 Å². The summed E-state index contributed by atoms with van der Waals surface area (Å²) in [6.07, 6.45) is 1.73. The summed E-state index contributed by atoms with van der Waals surface area (Å²) in [6.45, 7) is 47.4. The van der Waals surface area contributed by atoms with Gasteiger partial charge in [0.15, 0.2) is 0 Å². The molecule has 4 unspecified atom stereocenters. The Morgan fingerprint density at radius 2 is 0.559 bits per heavy atom. The Morgan fingerprint density at radius 3 is 0.706 bits per heavy atom. The Bertz CT molecular complexity index is 1500. The molecule has 0 fully saturated rings. The molecule has 0 spiro atoms. The van der Waals surface area contributed by atoms with E-state index in [1.165, 1.54) is 47.0 Å². The molecule has 400 valence electrons. The molecule has 0 aliphatic carbocycles. The number of carbonyl (C=O) groups is 8. The van der Waals surface area contributed by atoms with Crippen molar-refractivity contribution in [3.63, 3.8) is 0 Å². The number of hydrogen-bond donors (Lipinski definition) is 4. The Balaban J connectivity index is -0.000000402. The molecular formula is C52H96O12S4. The van der Waals surface area contributed by atoms with Gasteiger partial charge in [0.25, 0.3) is 0 Å². The third-order valence-electron chi connectivity index (χ3n) is 7.97. The van der Waals surface area contributed by atoms with Crippen LogP contribution in [0, 0.1) is 33.5 Å². The van der Waals surface area contributed by atoms with Crippen LogP contribution in [0.4, 0.5) is 0 Å². The zero-order chi connectivity index (χ0) is 55.4. The zero-order valence-electron chi connectivity index (χ0n) is 46.7. The Hall–Kier alpha value is -2.04. The highest BCUT2D eigenvalue weighted by atomic mass is 32.2. The van der Waals surface area contributed by atoms with E-state index in [2.05, 4.69) is 0 Å². The first-order valence-corrected chi connectivity index (χ1v) is 27.0. The van der Waals surface area contributed by atoms with Crippen molar-refractivity contribution in [3.05, 3.63) is 0 Å². The zero-order valence-corrected chi connectivity index (χ0v) is 49.9. The SMILES string of the molecule is CC(C)(C)CC(=O)C(CSC(C)(C)C)C(=O)O.CC(C)(C)CC(=O)C(CSC(C)(C)C)C(=O)O.CC(C)(C)CC(=O)CC(SC(C)(C)C)C(=O)O.CC(C)(C)CC(=O)CC(SC(C)(C)C)C(=O)O. The molecule has 0 rings (SSSR count). The molecule has 0 radical (unpaired) electrons. The average Bonchev–Trinajstić information content (AvgIpc) is 2.99. The van der Waals surface area contributed by atoms with Crippen LogP contribution in [0.25, 0.3) is 0 Å². The van der Waals surface area contributed by atoms with Crippen LogP contribution in [0.1, 0.15) is 205 Å². The van der Waals surface area contributed by atoms with Crippen LogP contribution in [-0.4, -0.2) is 108 Å². The van der Waals surface area contributed by atoms with Crippen LogP contribution < -0.4 is 0 Å². The lowest BCUT2D eigenvalue weighted by Gasteiger charge is -2.24. The van der Waals surface area contributed by atoms with Crippen LogP contribution >= 0.6 is 47.0 Å². The third kappa shape index (κ3) is 49.0. The van der Waals surface area contributed by atoms with Crippen molar-refractivity contribution >= 4 is 94.1 Å². The van der Waals surface area contributed by atoms with Gasteiger partial charge in [-0.3, -0.25) is 38.4 Å². The van der Waals surface area contributed by atoms with Gasteiger partial charge in [0.2, 0.25) is 0 Å². The average molecular weight is 1040 g/mol. The predicted molar refractivity (Wildman–Crippen MR) is 290 cm³/mol. The summed E-state index contributed by atoms with van der Waals surface area (Å²) in [5, 5.41) is 35.2. The first kappa shape index (κ1) is 72.5. The normalized spacial score (nSPS) is 14.5. The van der Waals surface area contributed by atoms with Crippen LogP contribution in [0.2, 0.25) is 0 Å². The van der Waals surface area contributed by atoms with Gasteiger partial charge in [-0.2, -0.15) is 23.5 Å². The summed E-state index contributed by atoms with van der Waals surface area (Å²) in [6, 6.07) is 0. The molecule has 4 N–H and O–H groups in total. The number of thioether (sulfide) groups is 4. The van der Waals surface area contributed by atoms with Gasteiger partial charge in [-0.25, -0.2) is 0 Å². The lowest BCUT2D eigenvalue weighted by atomic mass is 9.86. The van der Waals surface area contributed by atoms with Gasteiger partial charge in [0.1, 0.15) is 45.5 Å². The molecule has 0 aromatic heterocycles. The lowest BCUT2D eigenvalue weighted by Crippen LogP contribution is -2.30. The summed E-state index contributed by atoms with van der Waals surface area (Å²) in [5.41, 5.74) is -0.465. The van der Waals surface area contributed by atoms with E-state index >= 15 is 0 Å². The molecule has 0 aromatic carbocycles. The van der Waals surface area contributed by atoms with E-state index in [0.29, 0.717) is 37.2 Å². The van der Waals surface area contributed by atoms with E-state index < -0.39 is 46.2 Å². The summed E-state index contributed by atoms with van der Waals surface area (Å²) in [5.74, 6) is -5.11. The quantitative estimate of drug-likeness (QED) is 0.0834. The molecule has 0 aliphatic heterocycles. The minimum absolute atomic E-state index is 0.0181. The largest absolute Gasteiger partial charge is 0.481 e. The minimum atomic E-state index is -1.00. The maximum atomic E-state index is 11.9. The van der Waals surface area contributed by atoms with E-state index in [4.69, 9.17) is 20.4 Å². The first-order chi connectivity index (χ1) is 29.7. The third-order valence-corrected chi connectivity index (χ3v) is 13.4. The standard InChI is InChI=1S/4C13H24O3S/c2*1-12(2,3)7-10(14)9(11(15)16)8-17-13(4,5)6;2*1-12(2,3)8-9(14)7-10(11(15)16)17-13(4,5)6/h2*9H,7-8H2,1-6H3,(H,15,16);2*10H,7-8H2,1-6H3,(H,15,16). The number of carbonyl (C=O) groups excluding carboxylic acids is 4. The van der Waals surface area contributed by atoms with E-state index in [9.17, 15) is 38.4 Å². The van der Waals surface area contributed by atoms with Crippen molar-refractivity contribution in [1.82, 2.24) is 0 Å². The Kier molecular flexibility index (Phi) is 32.1. The molecule has 0 bridgehead atoms. The smallest absolute Gasteiger partial charge is 0.317 e. The second-order valence-corrected chi connectivity index (χ2v) is 33.9. The topological polar surface area (TPSA) is 217 Å². The molecule has 0 aliphatic rings. The number of hydrogen-bond acceptors (Lipinski definition) is 12. The van der Waals surface area contributed by atoms with Crippen LogP contribution in [0.15, 0.2) is 0 Å². The van der Waals surface area contributed by atoms with E-state index in [0.717, 1.165) is 0 Å². The maximum Gasteiger partial charge on any atom is 0.317 e. The summed E-state index contributed by atoms with van der Waals surface area (Å²) in [4.78, 5) is 91.8. The molecule has 12 nitrogen and oxygen atoms in total. The van der Waals surface area contributed by atoms with Crippen molar-refractivity contribution in [1.29, 1.82) is 0 Å². The number of aliphatic carboxylic acids is 4. The van der Waals surface area contributed by atoms with Crippen LogP contribution in [-0.2, 0) is 38.4 Å². The highest BCUT2D eigenvalue weighted by Gasteiger charge is 2.33. The fraction of sp³-hybridized carbons (Fsp3) is 0.846. The van der Waals surface area contributed by atoms with Crippen molar-refractivity contribution < 1.29 is 58.8 Å². The fourth-order valence-electron chi connectivity index (χ4n) is 5.52. The second-order valence-electron chi connectivity index (χ2n) is 26.1. The summed E-state index contributed by atoms with van der Waals surface area (Å²) in [7, 11) is 0. The van der Waals surface area contributed by atoms with Gasteiger partial charge in [0, 0.05) is 69.0 Å². The van der Waals surface area contributed by atoms with E-state index in [1.807, 2.05) is 166 Å². The van der Waals surface area contributed by atoms with Gasteiger partial charge in [-0.1, -0.05) is 166 Å². The molecule has 68 heavy (non-hydrogen) atoms. The highest BCUT2D eigenvalue weighted by molar-refractivity contribution is 8.02. The lowest BCUT2D eigenvalue weighted by molar-refractivity contribution is -0.147. The molecule has 0 saturated carbocycles. The van der Waals surface area contributed by atoms with Gasteiger partial charge >= 0.3 is 23.9 Å². The second kappa shape index (κ2) is 30.1. The van der Waals surface area contributed by atoms with Gasteiger partial charge in [-0.15, -0.1) is 23.5 Å². The van der Waals surface area contributed by atoms with Gasteiger partial charge in [0.05, 0.1) is 0 Å². The Labute approximate surface area is 429 Å². The number of rotatable bonds is 20. The van der Waals surface area contributed by atoms with E-state index in [-0.39, 0.29) is 76.6 Å². The van der Waals surface area contributed by atoms with Crippen molar-refractivity contribution in [2.75, 3.05) is 11.5 Å². The molecule has 16 heteroatoms. The van der Waals surface area contributed by atoms with Crippen LogP contribution in [0.5, 0.6) is 0 Å². The van der Waals surface area contributed by atoms with Crippen molar-refractivity contribution in [3.8, 4) is 0 Å². The molecule has 0 heterocycles. The number of Topliss-reactive ketones (excluding diaryl/α,β-unsaturated/α-hetero) is 4.